The molecule has 31 heavy (non-hydrogen) atoms. The molecule has 0 heterocycles. The molecular weight excluding hydrogens is 465 g/mol. The van der Waals surface area contributed by atoms with Gasteiger partial charge in [0.15, 0.2) is 11.7 Å². The summed E-state index contributed by atoms with van der Waals surface area (Å²) >= 11 is 16.8. The van der Waals surface area contributed by atoms with Gasteiger partial charge in [0, 0.05) is 17.2 Å². The highest BCUT2D eigenvalue weighted by atomic mass is 35.5. The van der Waals surface area contributed by atoms with Gasteiger partial charge in [0.05, 0.1) is 11.6 Å². The third-order valence-electron chi connectivity index (χ3n) is 3.61. The number of hydrogen-bond donors (Lipinski definition) is 3. The Labute approximate surface area is 195 Å². The molecule has 0 radical (unpaired) electrons. The molecule has 0 unspecified atom stereocenters. The summed E-state index contributed by atoms with van der Waals surface area (Å²) in [5.74, 6) is -0.0552. The largest absolute Gasteiger partial charge is 0.491 e. The quantitative estimate of drug-likeness (QED) is 0.285. The Kier molecular flexibility index (Phi) is 10.3. The van der Waals surface area contributed by atoms with Gasteiger partial charge in [0.25, 0.3) is 11.8 Å². The summed E-state index contributed by atoms with van der Waals surface area (Å²) in [6.07, 6.45) is 0. The van der Waals surface area contributed by atoms with Crippen LogP contribution in [0.15, 0.2) is 42.5 Å². The maximum atomic E-state index is 12.2. The zero-order valence-corrected chi connectivity index (χ0v) is 18.9. The Morgan fingerprint density at radius 2 is 1.74 bits per heavy atom. The van der Waals surface area contributed by atoms with Crippen LogP contribution in [0.4, 0.5) is 0 Å². The van der Waals surface area contributed by atoms with Crippen molar-refractivity contribution in [1.82, 2.24) is 16.2 Å². The number of carbonyl (C=O) groups excluding carboxylic acids is 2. The van der Waals surface area contributed by atoms with E-state index >= 15 is 0 Å². The molecule has 0 bridgehead atoms. The summed E-state index contributed by atoms with van der Waals surface area (Å²) in [6, 6.07) is 11.1. The molecule has 11 heteroatoms. The third-order valence-corrected chi connectivity index (χ3v) is 4.35. The Morgan fingerprint density at radius 1 is 1.00 bits per heavy atom. The molecule has 0 aliphatic heterocycles. The zero-order valence-electron chi connectivity index (χ0n) is 16.6. The molecule has 2 amide bonds. The molecule has 0 aliphatic rings. The lowest BCUT2D eigenvalue weighted by Gasteiger charge is -2.12. The number of hydrazine groups is 1. The molecule has 2 rings (SSSR count). The molecule has 3 N–H and O–H groups in total. The van der Waals surface area contributed by atoms with Gasteiger partial charge in [-0.2, -0.15) is 0 Å². The fourth-order valence-electron chi connectivity index (χ4n) is 2.17. The van der Waals surface area contributed by atoms with E-state index in [1.807, 2.05) is 6.92 Å². The van der Waals surface area contributed by atoms with E-state index in [9.17, 15) is 9.59 Å². The van der Waals surface area contributed by atoms with Crippen molar-refractivity contribution < 1.29 is 23.8 Å². The lowest BCUT2D eigenvalue weighted by Crippen LogP contribution is -2.49. The van der Waals surface area contributed by atoms with E-state index in [1.165, 1.54) is 6.07 Å². The number of ether oxygens (including phenoxy) is 3. The van der Waals surface area contributed by atoms with Gasteiger partial charge in [0.2, 0.25) is 0 Å². The Balaban J connectivity index is 1.71. The van der Waals surface area contributed by atoms with Crippen LogP contribution in [0.1, 0.15) is 17.3 Å². The average molecular weight is 486 g/mol. The van der Waals surface area contributed by atoms with Crippen LogP contribution < -0.4 is 25.6 Å². The average Bonchev–Trinajstić information content (AvgIpc) is 2.75. The normalized spacial score (nSPS) is 10.2. The molecule has 0 atom stereocenters. The van der Waals surface area contributed by atoms with Crippen LogP contribution in [0.25, 0.3) is 0 Å². The van der Waals surface area contributed by atoms with Gasteiger partial charge in [-0.3, -0.25) is 25.8 Å². The summed E-state index contributed by atoms with van der Waals surface area (Å²) in [5.41, 5.74) is 5.10. The number of rotatable bonds is 9. The predicted molar refractivity (Wildman–Crippen MR) is 122 cm³/mol. The number of halogens is 2. The molecule has 0 aromatic heterocycles. The van der Waals surface area contributed by atoms with Gasteiger partial charge >= 0.3 is 0 Å². The van der Waals surface area contributed by atoms with Crippen molar-refractivity contribution in [2.45, 2.75) is 6.92 Å². The number of nitrogens with one attached hydrogen (secondary N) is 3. The number of thiocarbonyl (C=S) groups is 1. The summed E-state index contributed by atoms with van der Waals surface area (Å²) < 4.78 is 16.0. The first-order chi connectivity index (χ1) is 14.9. The SMILES string of the molecule is CCOCCOc1ccc(C(=O)NC(=S)NNC(=O)COc2ccc(Cl)cc2Cl)cc1. The van der Waals surface area contributed by atoms with E-state index in [0.717, 1.165) is 0 Å². The highest BCUT2D eigenvalue weighted by Crippen LogP contribution is 2.27. The second kappa shape index (κ2) is 13.0. The molecule has 8 nitrogen and oxygen atoms in total. The number of benzene rings is 2. The molecular formula is C20H21Cl2N3O5S. The monoisotopic (exact) mass is 485 g/mol. The van der Waals surface area contributed by atoms with Crippen LogP contribution in [0.3, 0.4) is 0 Å². The van der Waals surface area contributed by atoms with Crippen LogP contribution >= 0.6 is 35.4 Å². The zero-order chi connectivity index (χ0) is 22.6. The van der Waals surface area contributed by atoms with Crippen molar-refractivity contribution >= 4 is 52.3 Å². The number of carbonyl (C=O) groups is 2. The van der Waals surface area contributed by atoms with Crippen LogP contribution in [-0.2, 0) is 9.53 Å². The number of amides is 2. The van der Waals surface area contributed by atoms with Gasteiger partial charge in [-0.1, -0.05) is 23.2 Å². The van der Waals surface area contributed by atoms with Crippen molar-refractivity contribution in [2.24, 2.45) is 0 Å². The van der Waals surface area contributed by atoms with E-state index in [0.29, 0.717) is 41.9 Å². The van der Waals surface area contributed by atoms with E-state index in [2.05, 4.69) is 16.2 Å². The van der Waals surface area contributed by atoms with Gasteiger partial charge in [0.1, 0.15) is 18.1 Å². The minimum absolute atomic E-state index is 0.0834. The predicted octanol–water partition coefficient (Wildman–Crippen LogP) is 3.12. The number of hydrogen-bond acceptors (Lipinski definition) is 6. The van der Waals surface area contributed by atoms with Gasteiger partial charge in [-0.15, -0.1) is 0 Å². The van der Waals surface area contributed by atoms with Crippen molar-refractivity contribution in [2.75, 3.05) is 26.4 Å². The minimum atomic E-state index is -0.531. The Morgan fingerprint density at radius 3 is 2.42 bits per heavy atom. The van der Waals surface area contributed by atoms with Crippen LogP contribution in [0, 0.1) is 0 Å². The van der Waals surface area contributed by atoms with E-state index < -0.39 is 11.8 Å². The van der Waals surface area contributed by atoms with Crippen LogP contribution in [0.5, 0.6) is 11.5 Å². The van der Waals surface area contributed by atoms with E-state index in [-0.39, 0.29) is 16.7 Å². The fraction of sp³-hybridized carbons (Fsp3) is 0.250. The Bertz CT molecular complexity index is 912. The van der Waals surface area contributed by atoms with Crippen LogP contribution in [-0.4, -0.2) is 43.4 Å². The van der Waals surface area contributed by atoms with Crippen molar-refractivity contribution in [3.8, 4) is 11.5 Å². The van der Waals surface area contributed by atoms with E-state index in [1.54, 1.807) is 36.4 Å². The standard InChI is InChI=1S/C20H21Cl2N3O5S/c1-2-28-9-10-29-15-6-3-13(4-7-15)19(27)23-20(31)25-24-18(26)12-30-17-8-5-14(21)11-16(17)22/h3-8,11H,2,9-10,12H2,1H3,(H,24,26)(H2,23,25,27,31). The third kappa shape index (κ3) is 8.97. The van der Waals surface area contributed by atoms with Crippen molar-refractivity contribution in [1.29, 1.82) is 0 Å². The fourth-order valence-corrected chi connectivity index (χ4v) is 2.78. The molecule has 0 spiro atoms. The van der Waals surface area contributed by atoms with Gasteiger partial charge in [-0.25, -0.2) is 0 Å². The molecule has 2 aromatic rings. The minimum Gasteiger partial charge on any atom is -0.491 e. The molecule has 0 saturated heterocycles. The molecule has 0 aliphatic carbocycles. The second-order valence-electron chi connectivity index (χ2n) is 5.89. The maximum Gasteiger partial charge on any atom is 0.276 e. The van der Waals surface area contributed by atoms with Crippen LogP contribution in [0.2, 0.25) is 10.0 Å². The smallest absolute Gasteiger partial charge is 0.276 e. The summed E-state index contributed by atoms with van der Waals surface area (Å²) in [6.45, 7) is 3.11. The molecule has 0 saturated carbocycles. The molecule has 0 fully saturated rings. The van der Waals surface area contributed by atoms with Gasteiger partial charge < -0.3 is 14.2 Å². The summed E-state index contributed by atoms with van der Waals surface area (Å²) in [7, 11) is 0. The second-order valence-corrected chi connectivity index (χ2v) is 7.14. The van der Waals surface area contributed by atoms with Crippen molar-refractivity contribution in [3.05, 3.63) is 58.1 Å². The van der Waals surface area contributed by atoms with Crippen molar-refractivity contribution in [3.63, 3.8) is 0 Å². The topological polar surface area (TPSA) is 97.9 Å². The first-order valence-electron chi connectivity index (χ1n) is 9.17. The van der Waals surface area contributed by atoms with E-state index in [4.69, 9.17) is 49.6 Å². The first kappa shape index (κ1) is 24.7. The summed E-state index contributed by atoms with van der Waals surface area (Å²) in [5, 5.41) is 3.10. The summed E-state index contributed by atoms with van der Waals surface area (Å²) in [4.78, 5) is 24.1. The lowest BCUT2D eigenvalue weighted by atomic mass is 10.2. The highest BCUT2D eigenvalue weighted by Gasteiger charge is 2.10. The highest BCUT2D eigenvalue weighted by molar-refractivity contribution is 7.80. The Hall–Kier alpha value is -2.59. The molecule has 2 aromatic carbocycles. The lowest BCUT2D eigenvalue weighted by molar-refractivity contribution is -0.123. The van der Waals surface area contributed by atoms with Gasteiger partial charge in [-0.05, 0) is 61.6 Å². The first-order valence-corrected chi connectivity index (χ1v) is 10.3. The molecule has 166 valence electrons. The maximum absolute atomic E-state index is 12.2.